The quantitative estimate of drug-likeness (QED) is 0.357. The molecule has 1 aliphatic carbocycles. The molecule has 1 atom stereocenters. The van der Waals surface area contributed by atoms with Gasteiger partial charge in [0, 0.05) is 45.9 Å². The van der Waals surface area contributed by atoms with Crippen LogP contribution in [0.4, 0.5) is 0 Å². The monoisotopic (exact) mass is 354 g/mol. The van der Waals surface area contributed by atoms with Crippen LogP contribution in [0.3, 0.4) is 0 Å². The van der Waals surface area contributed by atoms with Gasteiger partial charge in [-0.1, -0.05) is 19.3 Å². The summed E-state index contributed by atoms with van der Waals surface area (Å²) < 4.78 is 11.2. The molecular formula is C19H38N4O2. The fraction of sp³-hybridized carbons (Fsp3) is 0.947. The summed E-state index contributed by atoms with van der Waals surface area (Å²) in [5.41, 5.74) is 0. The standard InChI is InChI=1S/C19H38N4O2/c1-20-19(21-11-7-14-24-16-18-10-6-15-25-18)22-12-13-23(2)17-8-4-3-5-9-17/h17-18H,3-16H2,1-2H3,(H2,20,21,22). The zero-order valence-electron chi connectivity index (χ0n) is 16.3. The number of nitrogens with one attached hydrogen (secondary N) is 2. The number of ether oxygens (including phenoxy) is 2. The van der Waals surface area contributed by atoms with Crippen LogP contribution in [0.5, 0.6) is 0 Å². The van der Waals surface area contributed by atoms with E-state index in [1.807, 2.05) is 7.05 Å². The summed E-state index contributed by atoms with van der Waals surface area (Å²) in [6, 6.07) is 0.770. The second kappa shape index (κ2) is 12.5. The first kappa shape index (κ1) is 20.5. The third-order valence-electron chi connectivity index (χ3n) is 5.26. The van der Waals surface area contributed by atoms with E-state index in [2.05, 4.69) is 27.6 Å². The maximum atomic E-state index is 5.68. The Morgan fingerprint density at radius 3 is 2.64 bits per heavy atom. The molecule has 0 aromatic rings. The molecule has 1 unspecified atom stereocenters. The van der Waals surface area contributed by atoms with E-state index in [0.717, 1.165) is 64.3 Å². The molecule has 0 aromatic carbocycles. The lowest BCUT2D eigenvalue weighted by atomic mass is 9.94. The lowest BCUT2D eigenvalue weighted by Gasteiger charge is -2.31. The van der Waals surface area contributed by atoms with Crippen molar-refractivity contribution < 1.29 is 9.47 Å². The number of aliphatic imine (C=N–C) groups is 1. The molecule has 1 saturated heterocycles. The fourth-order valence-electron chi connectivity index (χ4n) is 3.65. The normalized spacial score (nSPS) is 22.5. The zero-order chi connectivity index (χ0) is 17.7. The molecule has 6 heteroatoms. The van der Waals surface area contributed by atoms with Crippen LogP contribution in [-0.2, 0) is 9.47 Å². The van der Waals surface area contributed by atoms with Crippen LogP contribution in [0.15, 0.2) is 4.99 Å². The predicted molar refractivity (Wildman–Crippen MR) is 103 cm³/mol. The molecule has 2 rings (SSSR count). The summed E-state index contributed by atoms with van der Waals surface area (Å²) in [6.45, 7) is 5.28. The number of guanidine groups is 1. The molecule has 2 aliphatic rings. The third kappa shape index (κ3) is 8.38. The molecule has 6 nitrogen and oxygen atoms in total. The predicted octanol–water partition coefficient (Wildman–Crippen LogP) is 2.00. The number of hydrogen-bond donors (Lipinski definition) is 2. The second-order valence-corrected chi connectivity index (χ2v) is 7.26. The minimum Gasteiger partial charge on any atom is -0.379 e. The van der Waals surface area contributed by atoms with Gasteiger partial charge < -0.3 is 25.0 Å². The summed E-state index contributed by atoms with van der Waals surface area (Å²) in [4.78, 5) is 6.79. The van der Waals surface area contributed by atoms with E-state index in [1.165, 1.54) is 38.5 Å². The zero-order valence-corrected chi connectivity index (χ0v) is 16.3. The minimum atomic E-state index is 0.323. The Balaban J connectivity index is 1.45. The molecule has 146 valence electrons. The van der Waals surface area contributed by atoms with Crippen LogP contribution in [0.25, 0.3) is 0 Å². The van der Waals surface area contributed by atoms with Gasteiger partial charge in [0.15, 0.2) is 5.96 Å². The van der Waals surface area contributed by atoms with Crippen LogP contribution in [0.1, 0.15) is 51.4 Å². The Morgan fingerprint density at radius 2 is 1.92 bits per heavy atom. The Labute approximate surface area is 153 Å². The van der Waals surface area contributed by atoms with Crippen molar-refractivity contribution in [1.29, 1.82) is 0 Å². The molecule has 1 heterocycles. The number of hydrogen-bond acceptors (Lipinski definition) is 4. The van der Waals surface area contributed by atoms with E-state index in [-0.39, 0.29) is 0 Å². The first-order chi connectivity index (χ1) is 12.3. The molecule has 0 bridgehead atoms. The highest BCUT2D eigenvalue weighted by Crippen LogP contribution is 2.21. The van der Waals surface area contributed by atoms with Gasteiger partial charge in [-0.25, -0.2) is 0 Å². The van der Waals surface area contributed by atoms with Gasteiger partial charge in [-0.05, 0) is 39.2 Å². The van der Waals surface area contributed by atoms with Crippen LogP contribution >= 0.6 is 0 Å². The van der Waals surface area contributed by atoms with Gasteiger partial charge in [-0.2, -0.15) is 0 Å². The molecular weight excluding hydrogens is 316 g/mol. The topological polar surface area (TPSA) is 58.1 Å². The summed E-state index contributed by atoms with van der Waals surface area (Å²) in [6.07, 6.45) is 10.5. The molecule has 0 amide bonds. The molecule has 1 aliphatic heterocycles. The van der Waals surface area contributed by atoms with Crippen LogP contribution < -0.4 is 10.6 Å². The summed E-state index contributed by atoms with van der Waals surface area (Å²) >= 11 is 0. The first-order valence-corrected chi connectivity index (χ1v) is 10.1. The van der Waals surface area contributed by atoms with Gasteiger partial charge in [0.05, 0.1) is 12.7 Å². The van der Waals surface area contributed by atoms with Crippen molar-refractivity contribution in [2.24, 2.45) is 4.99 Å². The SMILES string of the molecule is CN=C(NCCCOCC1CCCO1)NCCN(C)C1CCCCC1. The lowest BCUT2D eigenvalue weighted by molar-refractivity contribution is 0.0168. The van der Waals surface area contributed by atoms with E-state index in [4.69, 9.17) is 9.47 Å². The highest BCUT2D eigenvalue weighted by Gasteiger charge is 2.17. The van der Waals surface area contributed by atoms with E-state index in [9.17, 15) is 0 Å². The van der Waals surface area contributed by atoms with Crippen molar-refractivity contribution in [2.75, 3.05) is 53.6 Å². The van der Waals surface area contributed by atoms with Crippen LogP contribution in [0.2, 0.25) is 0 Å². The molecule has 2 fully saturated rings. The minimum absolute atomic E-state index is 0.323. The van der Waals surface area contributed by atoms with Crippen molar-refractivity contribution in [3.8, 4) is 0 Å². The van der Waals surface area contributed by atoms with Gasteiger partial charge in [0.1, 0.15) is 0 Å². The van der Waals surface area contributed by atoms with E-state index in [0.29, 0.717) is 6.10 Å². The van der Waals surface area contributed by atoms with E-state index < -0.39 is 0 Å². The highest BCUT2D eigenvalue weighted by molar-refractivity contribution is 5.79. The number of nitrogens with zero attached hydrogens (tertiary/aromatic N) is 2. The van der Waals surface area contributed by atoms with Crippen molar-refractivity contribution in [3.05, 3.63) is 0 Å². The molecule has 0 radical (unpaired) electrons. The van der Waals surface area contributed by atoms with Gasteiger partial charge in [0.2, 0.25) is 0 Å². The molecule has 0 spiro atoms. The molecule has 2 N–H and O–H groups in total. The van der Waals surface area contributed by atoms with Gasteiger partial charge in [0.25, 0.3) is 0 Å². The largest absolute Gasteiger partial charge is 0.379 e. The van der Waals surface area contributed by atoms with Crippen molar-refractivity contribution in [2.45, 2.75) is 63.5 Å². The Morgan fingerprint density at radius 1 is 1.12 bits per heavy atom. The summed E-state index contributed by atoms with van der Waals surface area (Å²) in [5.74, 6) is 0.885. The average molecular weight is 355 g/mol. The molecule has 0 aromatic heterocycles. The van der Waals surface area contributed by atoms with Gasteiger partial charge in [-0.3, -0.25) is 4.99 Å². The first-order valence-electron chi connectivity index (χ1n) is 10.1. The number of likely N-dealkylation sites (N-methyl/N-ethyl adjacent to an activating group) is 1. The number of rotatable bonds is 10. The van der Waals surface area contributed by atoms with Crippen molar-refractivity contribution in [3.63, 3.8) is 0 Å². The van der Waals surface area contributed by atoms with Crippen molar-refractivity contribution in [1.82, 2.24) is 15.5 Å². The molecule has 1 saturated carbocycles. The van der Waals surface area contributed by atoms with E-state index >= 15 is 0 Å². The summed E-state index contributed by atoms with van der Waals surface area (Å²) in [5, 5.41) is 6.77. The Bertz CT molecular complexity index is 366. The summed E-state index contributed by atoms with van der Waals surface area (Å²) in [7, 11) is 4.08. The van der Waals surface area contributed by atoms with E-state index in [1.54, 1.807) is 0 Å². The van der Waals surface area contributed by atoms with Crippen LogP contribution in [0, 0.1) is 0 Å². The van der Waals surface area contributed by atoms with Gasteiger partial charge >= 0.3 is 0 Å². The van der Waals surface area contributed by atoms with Gasteiger partial charge in [-0.15, -0.1) is 0 Å². The Kier molecular flexibility index (Phi) is 10.2. The lowest BCUT2D eigenvalue weighted by Crippen LogP contribution is -2.43. The van der Waals surface area contributed by atoms with Crippen molar-refractivity contribution >= 4 is 5.96 Å². The van der Waals surface area contributed by atoms with Crippen LogP contribution in [-0.4, -0.2) is 76.6 Å². The highest BCUT2D eigenvalue weighted by atomic mass is 16.5. The second-order valence-electron chi connectivity index (χ2n) is 7.26. The average Bonchev–Trinajstić information content (AvgIpc) is 3.17. The Hall–Kier alpha value is -0.850. The smallest absolute Gasteiger partial charge is 0.191 e. The third-order valence-corrected chi connectivity index (χ3v) is 5.26. The maximum absolute atomic E-state index is 5.68. The molecule has 25 heavy (non-hydrogen) atoms. The maximum Gasteiger partial charge on any atom is 0.191 e. The fourth-order valence-corrected chi connectivity index (χ4v) is 3.65.